The zero-order chi connectivity index (χ0) is 24.6. The van der Waals surface area contributed by atoms with E-state index in [2.05, 4.69) is 20.9 Å². The number of halogens is 3. The van der Waals surface area contributed by atoms with E-state index in [0.717, 1.165) is 49.7 Å². The van der Waals surface area contributed by atoms with Crippen molar-refractivity contribution in [3.05, 3.63) is 41.7 Å². The van der Waals surface area contributed by atoms with E-state index < -0.39 is 12.6 Å². The van der Waals surface area contributed by atoms with Crippen LogP contribution < -0.4 is 16.0 Å². The minimum atomic E-state index is -4.27. The Balaban J connectivity index is 1.57. The fraction of sp³-hybridized carbons (Fsp3) is 0.480. The van der Waals surface area contributed by atoms with Crippen molar-refractivity contribution in [2.24, 2.45) is 0 Å². The van der Waals surface area contributed by atoms with Crippen molar-refractivity contribution in [2.75, 3.05) is 17.2 Å². The Kier molecular flexibility index (Phi) is 6.29. The van der Waals surface area contributed by atoms with Gasteiger partial charge in [0.15, 0.2) is 11.5 Å². The predicted molar refractivity (Wildman–Crippen MR) is 129 cm³/mol. The van der Waals surface area contributed by atoms with Gasteiger partial charge in [0, 0.05) is 36.6 Å². The van der Waals surface area contributed by atoms with Gasteiger partial charge in [0.2, 0.25) is 0 Å². The highest BCUT2D eigenvalue weighted by atomic mass is 19.4. The number of hydrogen-bond donors (Lipinski definition) is 3. The maximum Gasteiger partial charge on any atom is 0.390 e. The molecule has 3 aromatic rings. The smallest absolute Gasteiger partial charge is 0.381 e. The Morgan fingerprint density at radius 1 is 1.14 bits per heavy atom. The summed E-state index contributed by atoms with van der Waals surface area (Å²) >= 11 is 0. The second-order valence-corrected chi connectivity index (χ2v) is 9.49. The van der Waals surface area contributed by atoms with Crippen molar-refractivity contribution in [1.29, 1.82) is 0 Å². The molecule has 0 atom stereocenters. The molecular formula is C25H29F3N6O. The minimum Gasteiger partial charge on any atom is -0.381 e. The minimum absolute atomic E-state index is 0.105. The predicted octanol–water partition coefficient (Wildman–Crippen LogP) is 5.32. The van der Waals surface area contributed by atoms with Gasteiger partial charge in [0.1, 0.15) is 0 Å². The lowest BCUT2D eigenvalue weighted by Gasteiger charge is -2.21. The number of aromatic nitrogens is 3. The first-order chi connectivity index (χ1) is 16.8. The third-order valence-electron chi connectivity index (χ3n) is 6.62. The number of anilines is 2. The Hall–Kier alpha value is -3.30. The van der Waals surface area contributed by atoms with Crippen molar-refractivity contribution in [3.8, 4) is 11.1 Å². The second-order valence-electron chi connectivity index (χ2n) is 9.49. The molecule has 2 aromatic heterocycles. The third-order valence-corrected chi connectivity index (χ3v) is 6.62. The molecular weight excluding hydrogens is 457 g/mol. The maximum atomic E-state index is 12.9. The van der Waals surface area contributed by atoms with Crippen molar-refractivity contribution < 1.29 is 18.0 Å². The van der Waals surface area contributed by atoms with Crippen molar-refractivity contribution in [1.82, 2.24) is 19.9 Å². The molecule has 5 rings (SSSR count). The number of fused-ring (bicyclic) bond motifs is 1. The van der Waals surface area contributed by atoms with Gasteiger partial charge >= 0.3 is 6.18 Å². The molecule has 2 saturated carbocycles. The SMILES string of the molecule is Cc1cc(-c2c(NC3CCCC3)nn3ccnc3c2NCCC(F)(F)F)ccc1C(=O)NC1CC1. The monoisotopic (exact) mass is 486 g/mol. The lowest BCUT2D eigenvalue weighted by molar-refractivity contribution is -0.131. The molecule has 0 saturated heterocycles. The summed E-state index contributed by atoms with van der Waals surface area (Å²) in [5.74, 6) is 0.484. The fourth-order valence-electron chi connectivity index (χ4n) is 4.65. The van der Waals surface area contributed by atoms with Crippen LogP contribution in [0.5, 0.6) is 0 Å². The first-order valence-electron chi connectivity index (χ1n) is 12.1. The molecule has 0 bridgehead atoms. The van der Waals surface area contributed by atoms with Gasteiger partial charge in [-0.05, 0) is 49.8 Å². The number of nitrogens with zero attached hydrogens (tertiary/aromatic N) is 3. The van der Waals surface area contributed by atoms with Gasteiger partial charge < -0.3 is 16.0 Å². The maximum absolute atomic E-state index is 12.9. The summed E-state index contributed by atoms with van der Waals surface area (Å²) in [5, 5.41) is 14.3. The number of nitrogens with one attached hydrogen (secondary N) is 3. The largest absolute Gasteiger partial charge is 0.390 e. The average molecular weight is 487 g/mol. The zero-order valence-electron chi connectivity index (χ0n) is 19.6. The van der Waals surface area contributed by atoms with Crippen LogP contribution in [-0.4, -0.2) is 45.3 Å². The first kappa shape index (κ1) is 23.4. The summed E-state index contributed by atoms with van der Waals surface area (Å²) in [5.41, 5.74) is 3.74. The standard InChI is InChI=1S/C25H29F3N6O/c1-15-14-16(6-9-19(15)24(35)32-18-7-8-18)20-21(29-11-10-25(26,27)28)23-30-12-13-34(23)33-22(20)31-17-4-2-3-5-17/h6,9,12-14,17-18,29H,2-5,7-8,10-11H2,1H3,(H,31,33)(H,32,35). The van der Waals surface area contributed by atoms with Gasteiger partial charge in [-0.2, -0.15) is 13.2 Å². The topological polar surface area (TPSA) is 83.3 Å². The van der Waals surface area contributed by atoms with Crippen LogP contribution in [0.2, 0.25) is 0 Å². The van der Waals surface area contributed by atoms with Crippen LogP contribution in [-0.2, 0) is 0 Å². The van der Waals surface area contributed by atoms with Crippen molar-refractivity contribution >= 4 is 23.1 Å². The molecule has 0 aliphatic heterocycles. The van der Waals surface area contributed by atoms with E-state index in [4.69, 9.17) is 5.10 Å². The van der Waals surface area contributed by atoms with E-state index in [-0.39, 0.29) is 24.5 Å². The van der Waals surface area contributed by atoms with E-state index >= 15 is 0 Å². The van der Waals surface area contributed by atoms with Crippen molar-refractivity contribution in [2.45, 2.75) is 70.1 Å². The highest BCUT2D eigenvalue weighted by Crippen LogP contribution is 2.39. The molecule has 186 valence electrons. The Morgan fingerprint density at radius 2 is 1.91 bits per heavy atom. The Morgan fingerprint density at radius 3 is 2.60 bits per heavy atom. The lowest BCUT2D eigenvalue weighted by atomic mass is 9.98. The normalized spacial score (nSPS) is 16.6. The van der Waals surface area contributed by atoms with Crippen LogP contribution >= 0.6 is 0 Å². The van der Waals surface area contributed by atoms with E-state index in [1.54, 1.807) is 23.0 Å². The quantitative estimate of drug-likeness (QED) is 0.402. The van der Waals surface area contributed by atoms with E-state index in [1.807, 2.05) is 19.1 Å². The summed E-state index contributed by atoms with van der Waals surface area (Å²) < 4.78 is 40.4. The zero-order valence-corrected chi connectivity index (χ0v) is 19.6. The molecule has 10 heteroatoms. The lowest BCUT2D eigenvalue weighted by Crippen LogP contribution is -2.26. The van der Waals surface area contributed by atoms with Crippen LogP contribution in [0.15, 0.2) is 30.6 Å². The van der Waals surface area contributed by atoms with Gasteiger partial charge in [-0.3, -0.25) is 4.79 Å². The molecule has 1 amide bonds. The molecule has 2 aliphatic carbocycles. The summed E-state index contributed by atoms with van der Waals surface area (Å²) in [6, 6.07) is 6.00. The number of amides is 1. The van der Waals surface area contributed by atoms with Gasteiger partial charge in [-0.25, -0.2) is 9.50 Å². The number of alkyl halides is 3. The number of imidazole rings is 1. The molecule has 2 fully saturated rings. The molecule has 0 spiro atoms. The molecule has 7 nitrogen and oxygen atoms in total. The van der Waals surface area contributed by atoms with Crippen LogP contribution in [0.3, 0.4) is 0 Å². The van der Waals surface area contributed by atoms with Gasteiger partial charge in [0.25, 0.3) is 5.91 Å². The number of benzene rings is 1. The summed E-state index contributed by atoms with van der Waals surface area (Å²) in [7, 11) is 0. The highest BCUT2D eigenvalue weighted by Gasteiger charge is 2.28. The number of carbonyl (C=O) groups excluding carboxylic acids is 1. The highest BCUT2D eigenvalue weighted by molar-refractivity contribution is 5.98. The van der Waals surface area contributed by atoms with E-state index in [1.165, 1.54) is 0 Å². The molecule has 2 aliphatic rings. The Bertz CT molecular complexity index is 1230. The molecule has 0 unspecified atom stereocenters. The number of carbonyl (C=O) groups is 1. The van der Waals surface area contributed by atoms with Crippen LogP contribution in [0.1, 0.15) is 60.9 Å². The fourth-order valence-corrected chi connectivity index (χ4v) is 4.65. The second kappa shape index (κ2) is 9.39. The summed E-state index contributed by atoms with van der Waals surface area (Å²) in [6.45, 7) is 1.58. The third kappa shape index (κ3) is 5.36. The summed E-state index contributed by atoms with van der Waals surface area (Å²) in [6.07, 6.45) is 4.31. The van der Waals surface area contributed by atoms with Crippen LogP contribution in [0.25, 0.3) is 16.8 Å². The number of aryl methyl sites for hydroxylation is 1. The van der Waals surface area contributed by atoms with Gasteiger partial charge in [-0.1, -0.05) is 25.0 Å². The molecule has 2 heterocycles. The molecule has 1 aromatic carbocycles. The summed E-state index contributed by atoms with van der Waals surface area (Å²) in [4.78, 5) is 17.0. The van der Waals surface area contributed by atoms with Gasteiger partial charge in [-0.15, -0.1) is 5.10 Å². The molecule has 35 heavy (non-hydrogen) atoms. The molecule has 0 radical (unpaired) electrons. The number of hydrogen-bond acceptors (Lipinski definition) is 5. The van der Waals surface area contributed by atoms with Crippen LogP contribution in [0.4, 0.5) is 24.7 Å². The number of rotatable bonds is 8. The average Bonchev–Trinajstić information content (AvgIpc) is 3.25. The van der Waals surface area contributed by atoms with Crippen molar-refractivity contribution in [3.63, 3.8) is 0 Å². The molecule has 3 N–H and O–H groups in total. The van der Waals surface area contributed by atoms with E-state index in [9.17, 15) is 18.0 Å². The van der Waals surface area contributed by atoms with Gasteiger partial charge in [0.05, 0.1) is 17.7 Å². The Labute approximate surface area is 201 Å². The first-order valence-corrected chi connectivity index (χ1v) is 12.1. The van der Waals surface area contributed by atoms with E-state index in [0.29, 0.717) is 28.3 Å². The van der Waals surface area contributed by atoms with Crippen LogP contribution in [0, 0.1) is 6.92 Å².